The number of amides is 1. The minimum atomic E-state index is -0.730. The molecule has 7 unspecified atom stereocenters. The molecule has 1 aliphatic carbocycles. The molecule has 42 heavy (non-hydrogen) atoms. The normalized spacial score (nSPS) is 35.7. The fourth-order valence-electron chi connectivity index (χ4n) is 7.57. The lowest BCUT2D eigenvalue weighted by Gasteiger charge is -2.49. The van der Waals surface area contributed by atoms with Crippen LogP contribution in [-0.2, 0) is 9.53 Å². The van der Waals surface area contributed by atoms with Crippen molar-refractivity contribution in [1.82, 2.24) is 20.4 Å². The predicted octanol–water partition coefficient (Wildman–Crippen LogP) is 2.90. The molecule has 0 bridgehead atoms. The number of nitrogens with two attached hydrogens (primary N) is 1. The van der Waals surface area contributed by atoms with Crippen LogP contribution in [-0.4, -0.2) is 110 Å². The lowest BCUT2D eigenvalue weighted by atomic mass is 9.83. The summed E-state index contributed by atoms with van der Waals surface area (Å²) >= 11 is 0. The monoisotopic (exact) mass is 587 g/mol. The number of piperidine rings is 1. The summed E-state index contributed by atoms with van der Waals surface area (Å²) in [5.41, 5.74) is 8.25. The van der Waals surface area contributed by atoms with Gasteiger partial charge in [-0.15, -0.1) is 0 Å². The average molecular weight is 588 g/mol. The maximum Gasteiger partial charge on any atom is 0.229 e. The Morgan fingerprint density at radius 3 is 2.60 bits per heavy atom. The topological polar surface area (TPSA) is 108 Å². The molecule has 0 spiro atoms. The van der Waals surface area contributed by atoms with Crippen LogP contribution in [0.15, 0.2) is 21.4 Å². The molecule has 0 aromatic carbocycles. The van der Waals surface area contributed by atoms with E-state index in [0.29, 0.717) is 31.2 Å². The van der Waals surface area contributed by atoms with Gasteiger partial charge in [0.25, 0.3) is 0 Å². The number of carbonyl (C=O) groups excluding carboxylic acids is 1. The number of aliphatic imine (C=N–C) groups is 2. The zero-order chi connectivity index (χ0) is 29.6. The molecular weight excluding hydrogens is 533 g/mol. The highest BCUT2D eigenvalue weighted by molar-refractivity contribution is 5.89. The van der Waals surface area contributed by atoms with E-state index >= 15 is 4.39 Å². The third-order valence-electron chi connectivity index (χ3n) is 10.3. The van der Waals surface area contributed by atoms with Gasteiger partial charge in [-0.3, -0.25) is 24.6 Å². The van der Waals surface area contributed by atoms with Crippen LogP contribution in [0.3, 0.4) is 0 Å². The Morgan fingerprint density at radius 1 is 1.17 bits per heavy atom. The van der Waals surface area contributed by atoms with Gasteiger partial charge in [-0.05, 0) is 69.4 Å². The lowest BCUT2D eigenvalue weighted by Crippen LogP contribution is -2.67. The van der Waals surface area contributed by atoms with Gasteiger partial charge in [0.05, 0.1) is 30.8 Å². The van der Waals surface area contributed by atoms with Crippen LogP contribution in [0.5, 0.6) is 0 Å². The first kappa shape index (κ1) is 31.7. The molecule has 4 fully saturated rings. The number of nitrogens with zero attached hydrogens (tertiary/aromatic N) is 4. The number of hydrogen-bond acceptors (Lipinski definition) is 8. The van der Waals surface area contributed by atoms with Crippen LogP contribution in [0.4, 0.5) is 4.39 Å². The van der Waals surface area contributed by atoms with E-state index in [1.165, 1.54) is 19.1 Å². The van der Waals surface area contributed by atoms with Crippen molar-refractivity contribution < 1.29 is 13.9 Å². The number of rotatable bonds is 9. The summed E-state index contributed by atoms with van der Waals surface area (Å²) in [7, 11) is 0. The summed E-state index contributed by atoms with van der Waals surface area (Å²) in [4.78, 5) is 28.6. The van der Waals surface area contributed by atoms with E-state index < -0.39 is 18.1 Å². The number of ether oxygens (including phenoxy) is 1. The Hall–Kier alpha value is -1.72. The summed E-state index contributed by atoms with van der Waals surface area (Å²) in [6.07, 6.45) is 7.98. The number of allylic oxidation sites excluding steroid dienone is 2. The molecule has 1 saturated carbocycles. The van der Waals surface area contributed by atoms with Crippen LogP contribution in [0, 0.1) is 17.8 Å². The predicted molar refractivity (Wildman–Crippen MR) is 167 cm³/mol. The molecule has 5 rings (SSSR count). The van der Waals surface area contributed by atoms with Gasteiger partial charge in [0.2, 0.25) is 5.91 Å². The zero-order valence-electron chi connectivity index (χ0n) is 26.1. The summed E-state index contributed by atoms with van der Waals surface area (Å²) in [6, 6.07) is 0.311. The maximum atomic E-state index is 15.2. The Labute approximate surface area is 252 Å². The molecule has 4 N–H and O–H groups in total. The molecule has 10 heteroatoms. The molecule has 0 aromatic rings. The van der Waals surface area contributed by atoms with Gasteiger partial charge < -0.3 is 21.1 Å². The molecule has 5 aliphatic rings. The van der Waals surface area contributed by atoms with Crippen molar-refractivity contribution in [2.75, 3.05) is 52.5 Å². The number of carbonyl (C=O) groups is 1. The lowest BCUT2D eigenvalue weighted by molar-refractivity contribution is -0.128. The summed E-state index contributed by atoms with van der Waals surface area (Å²) in [6.45, 7) is 13.5. The molecule has 0 aromatic heterocycles. The van der Waals surface area contributed by atoms with Crippen LogP contribution >= 0.6 is 0 Å². The van der Waals surface area contributed by atoms with Crippen molar-refractivity contribution in [3.05, 3.63) is 11.4 Å². The molecule has 7 atom stereocenters. The SMILES string of the molecule is CCCCC1=C(F)C=NC(C)C(C(=O)NC2CNCC(C3CC3)C2N2CCN(C3CCOC3)CC2)C(N)N=C(CC)C1. The number of piperazine rings is 1. The second kappa shape index (κ2) is 14.8. The molecule has 236 valence electrons. The van der Waals surface area contributed by atoms with Gasteiger partial charge >= 0.3 is 0 Å². The first-order chi connectivity index (χ1) is 20.4. The minimum absolute atomic E-state index is 0.0242. The highest BCUT2D eigenvalue weighted by atomic mass is 19.1. The largest absolute Gasteiger partial charge is 0.380 e. The van der Waals surface area contributed by atoms with E-state index in [-0.39, 0.29) is 23.8 Å². The van der Waals surface area contributed by atoms with E-state index in [1.54, 1.807) is 0 Å². The smallest absolute Gasteiger partial charge is 0.229 e. The molecule has 4 heterocycles. The van der Waals surface area contributed by atoms with Gasteiger partial charge in [0.1, 0.15) is 12.0 Å². The first-order valence-electron chi connectivity index (χ1n) is 16.7. The number of unbranched alkanes of at least 4 members (excludes halogenated alkanes) is 1. The highest BCUT2D eigenvalue weighted by Crippen LogP contribution is 2.41. The number of halogens is 1. The van der Waals surface area contributed by atoms with Crippen LogP contribution in [0.25, 0.3) is 0 Å². The molecule has 1 amide bonds. The van der Waals surface area contributed by atoms with Crippen molar-refractivity contribution in [2.45, 2.75) is 102 Å². The first-order valence-corrected chi connectivity index (χ1v) is 16.7. The molecule has 4 aliphatic heterocycles. The van der Waals surface area contributed by atoms with E-state index in [2.05, 4.69) is 32.3 Å². The van der Waals surface area contributed by atoms with Crippen molar-refractivity contribution in [1.29, 1.82) is 0 Å². The van der Waals surface area contributed by atoms with Crippen LogP contribution in [0.1, 0.15) is 72.1 Å². The highest BCUT2D eigenvalue weighted by Gasteiger charge is 2.46. The quantitative estimate of drug-likeness (QED) is 0.383. The van der Waals surface area contributed by atoms with Gasteiger partial charge in [-0.2, -0.15) is 0 Å². The molecule has 3 saturated heterocycles. The zero-order valence-corrected chi connectivity index (χ0v) is 26.1. The van der Waals surface area contributed by atoms with Gasteiger partial charge in [-0.1, -0.05) is 20.3 Å². The van der Waals surface area contributed by atoms with E-state index in [1.807, 2.05) is 13.8 Å². The Balaban J connectivity index is 1.32. The molecule has 9 nitrogen and oxygen atoms in total. The fraction of sp³-hybridized carbons (Fsp3) is 0.844. The minimum Gasteiger partial charge on any atom is -0.380 e. The number of nitrogens with one attached hydrogen (secondary N) is 2. The van der Waals surface area contributed by atoms with Crippen LogP contribution < -0.4 is 16.4 Å². The van der Waals surface area contributed by atoms with Crippen LogP contribution in [0.2, 0.25) is 0 Å². The third-order valence-corrected chi connectivity index (χ3v) is 10.3. The standard InChI is InChI=1S/C32H54FN7O2/c1-4-6-7-23-16-24(5-2)37-31(34)29(21(3)36-18-27(23)33)32(41)38-28-19-35-17-26(22-8-9-22)30(28)40-13-11-39(12-14-40)25-10-15-42-20-25/h18,21-22,25-26,28-31,35H,4-17,19-20,34H2,1-3H3,(H,38,41). The summed E-state index contributed by atoms with van der Waals surface area (Å²) in [5, 5.41) is 7.07. The van der Waals surface area contributed by atoms with E-state index in [9.17, 15) is 4.79 Å². The second-order valence-electron chi connectivity index (χ2n) is 13.2. The average Bonchev–Trinajstić information content (AvgIpc) is 3.70. The van der Waals surface area contributed by atoms with E-state index in [4.69, 9.17) is 15.5 Å². The summed E-state index contributed by atoms with van der Waals surface area (Å²) in [5.74, 6) is 0.144. The van der Waals surface area contributed by atoms with Gasteiger partial charge in [-0.25, -0.2) is 4.39 Å². The van der Waals surface area contributed by atoms with Crippen molar-refractivity contribution in [3.63, 3.8) is 0 Å². The van der Waals surface area contributed by atoms with Crippen molar-refractivity contribution in [2.24, 2.45) is 33.5 Å². The molecular formula is C32H54FN7O2. The van der Waals surface area contributed by atoms with Crippen molar-refractivity contribution >= 4 is 17.8 Å². The van der Waals surface area contributed by atoms with Crippen molar-refractivity contribution in [3.8, 4) is 0 Å². The Kier molecular flexibility index (Phi) is 11.2. The number of hydrogen-bond donors (Lipinski definition) is 3. The van der Waals surface area contributed by atoms with Gasteiger partial charge in [0.15, 0.2) is 0 Å². The van der Waals surface area contributed by atoms with E-state index in [0.717, 1.165) is 88.9 Å². The Bertz CT molecular complexity index is 1000. The maximum absolute atomic E-state index is 15.2. The van der Waals surface area contributed by atoms with Gasteiger partial charge in [0, 0.05) is 63.5 Å². The second-order valence-corrected chi connectivity index (χ2v) is 13.2. The summed E-state index contributed by atoms with van der Waals surface area (Å²) < 4.78 is 20.9. The molecule has 0 radical (unpaired) electrons. The fourth-order valence-corrected chi connectivity index (χ4v) is 7.57. The Morgan fingerprint density at radius 2 is 1.93 bits per heavy atom. The third kappa shape index (κ3) is 7.67.